The molecule has 6 rings (SSSR count). The number of urea groups is 2. The number of nitrogens with one attached hydrogen (secondary N) is 3. The molecule has 1 atom stereocenters. The quantitative estimate of drug-likeness (QED) is 0.306. The maximum Gasteiger partial charge on any atom is 0.418 e. The first-order valence-corrected chi connectivity index (χ1v) is 17.2. The van der Waals surface area contributed by atoms with E-state index in [0.717, 1.165) is 56.1 Å². The van der Waals surface area contributed by atoms with E-state index in [2.05, 4.69) is 16.0 Å². The minimum atomic E-state index is -4.74. The molecule has 0 radical (unpaired) electrons. The lowest BCUT2D eigenvalue weighted by atomic mass is 9.79. The molecular weight excluding hydrogens is 647 g/mol. The summed E-state index contributed by atoms with van der Waals surface area (Å²) >= 11 is 6.12. The van der Waals surface area contributed by atoms with Gasteiger partial charge in [-0.2, -0.15) is 13.2 Å². The lowest BCUT2D eigenvalue weighted by molar-refractivity contribution is -0.137. The molecule has 3 saturated heterocycles. The van der Waals surface area contributed by atoms with Crippen molar-refractivity contribution in [3.63, 3.8) is 0 Å². The number of anilines is 2. The Morgan fingerprint density at radius 2 is 1.60 bits per heavy atom. The number of alkyl halides is 3. The fourth-order valence-corrected chi connectivity index (χ4v) is 7.97. The van der Waals surface area contributed by atoms with Crippen molar-refractivity contribution >= 4 is 40.9 Å². The molecule has 2 aromatic rings. The van der Waals surface area contributed by atoms with Crippen molar-refractivity contribution in [1.82, 2.24) is 25.3 Å². The Hall–Kier alpha value is -3.71. The number of carbonyl (C=O) groups is 3. The predicted octanol–water partition coefficient (Wildman–Crippen LogP) is 5.31. The van der Waals surface area contributed by atoms with Crippen molar-refractivity contribution in [2.45, 2.75) is 69.8 Å². The first-order chi connectivity index (χ1) is 23.0. The third-order valence-corrected chi connectivity index (χ3v) is 10.8. The number of nitrogen functional groups attached to an aromatic ring is 1. The zero-order valence-electron chi connectivity index (χ0n) is 26.8. The standard InChI is InChI=1S/C34H43ClF3N7O3/c35-27-18-21(17-26(30(27)39)34(36,37)38)19-29(31(46)43-13-7-23(8-14-43)22-5-11-40-12-6-22)42-32(47)44-15-9-25(10-16-44)45-20-24-3-1-2-4-28(24)41-33(45)48/h1-4,17-18,22-23,25,29,40H,5-16,19-20,39H2,(H,41,48)(H,42,47). The Labute approximate surface area is 283 Å². The van der Waals surface area contributed by atoms with E-state index in [1.807, 2.05) is 24.3 Å². The van der Waals surface area contributed by atoms with E-state index in [1.54, 1.807) is 14.7 Å². The molecule has 14 heteroatoms. The summed E-state index contributed by atoms with van der Waals surface area (Å²) < 4.78 is 41.3. The van der Waals surface area contributed by atoms with Crippen molar-refractivity contribution in [2.75, 3.05) is 50.3 Å². The molecule has 4 aliphatic heterocycles. The molecule has 4 heterocycles. The Kier molecular flexibility index (Phi) is 10.3. The number of nitrogens with zero attached hydrogens (tertiary/aromatic N) is 3. The fraction of sp³-hybridized carbons (Fsp3) is 0.559. The van der Waals surface area contributed by atoms with Crippen LogP contribution in [-0.4, -0.2) is 84.0 Å². The lowest BCUT2D eigenvalue weighted by Crippen LogP contribution is -2.57. The van der Waals surface area contributed by atoms with Crippen LogP contribution in [0.1, 0.15) is 55.2 Å². The Balaban J connectivity index is 1.13. The molecule has 3 fully saturated rings. The van der Waals surface area contributed by atoms with E-state index in [0.29, 0.717) is 57.4 Å². The van der Waals surface area contributed by atoms with Gasteiger partial charge in [0.25, 0.3) is 0 Å². The van der Waals surface area contributed by atoms with Crippen LogP contribution in [0.15, 0.2) is 36.4 Å². The Morgan fingerprint density at radius 1 is 0.958 bits per heavy atom. The molecule has 0 spiro atoms. The van der Waals surface area contributed by atoms with Crippen LogP contribution in [-0.2, 0) is 23.9 Å². The van der Waals surface area contributed by atoms with Gasteiger partial charge in [0, 0.05) is 50.9 Å². The smallest absolute Gasteiger partial charge is 0.397 e. The van der Waals surface area contributed by atoms with E-state index >= 15 is 0 Å². The highest BCUT2D eigenvalue weighted by Gasteiger charge is 2.38. The third kappa shape index (κ3) is 7.62. The van der Waals surface area contributed by atoms with Crippen LogP contribution in [0.25, 0.3) is 0 Å². The van der Waals surface area contributed by atoms with Crippen LogP contribution < -0.4 is 21.7 Å². The molecule has 0 bridgehead atoms. The van der Waals surface area contributed by atoms with E-state index in [4.69, 9.17) is 17.3 Å². The first-order valence-electron chi connectivity index (χ1n) is 16.8. The monoisotopic (exact) mass is 689 g/mol. The molecule has 0 aliphatic carbocycles. The number of hydrogen-bond donors (Lipinski definition) is 4. The molecule has 0 aromatic heterocycles. The predicted molar refractivity (Wildman–Crippen MR) is 177 cm³/mol. The number of fused-ring (bicyclic) bond motifs is 1. The molecule has 2 aromatic carbocycles. The number of hydrogen-bond acceptors (Lipinski definition) is 5. The molecule has 1 unspecified atom stereocenters. The maximum atomic E-state index is 14.0. The first kappa shape index (κ1) is 34.2. The molecular formula is C34H43ClF3N7O3. The summed E-state index contributed by atoms with van der Waals surface area (Å²) in [6.07, 6.45) is 0.122. The normalized spacial score (nSPS) is 20.7. The van der Waals surface area contributed by atoms with Crippen LogP contribution in [0, 0.1) is 11.8 Å². The van der Waals surface area contributed by atoms with Gasteiger partial charge in [-0.1, -0.05) is 29.8 Å². The van der Waals surface area contributed by atoms with Gasteiger partial charge < -0.3 is 36.4 Å². The highest BCUT2D eigenvalue weighted by Crippen LogP contribution is 2.38. The zero-order chi connectivity index (χ0) is 34.0. The average Bonchev–Trinajstić information content (AvgIpc) is 3.09. The number of benzene rings is 2. The van der Waals surface area contributed by atoms with Crippen LogP contribution in [0.2, 0.25) is 5.02 Å². The van der Waals surface area contributed by atoms with E-state index in [1.165, 1.54) is 6.07 Å². The molecule has 5 amide bonds. The minimum absolute atomic E-state index is 0.0706. The number of amides is 5. The SMILES string of the molecule is Nc1c(Cl)cc(CC(NC(=O)N2CCC(N3Cc4ccccc4NC3=O)CC2)C(=O)N2CCC(C3CCNCC3)CC2)cc1C(F)(F)F. The van der Waals surface area contributed by atoms with Crippen LogP contribution in [0.5, 0.6) is 0 Å². The highest BCUT2D eigenvalue weighted by atomic mass is 35.5. The van der Waals surface area contributed by atoms with Gasteiger partial charge in [-0.3, -0.25) is 4.79 Å². The number of para-hydroxylation sites is 1. The van der Waals surface area contributed by atoms with Crippen molar-refractivity contribution in [3.8, 4) is 0 Å². The number of halogens is 4. The molecule has 4 aliphatic rings. The van der Waals surface area contributed by atoms with Gasteiger partial charge in [0.2, 0.25) is 5.91 Å². The Bertz CT molecular complexity index is 1500. The lowest BCUT2D eigenvalue weighted by Gasteiger charge is -2.41. The van der Waals surface area contributed by atoms with E-state index in [9.17, 15) is 27.6 Å². The second-order valence-electron chi connectivity index (χ2n) is 13.4. The summed E-state index contributed by atoms with van der Waals surface area (Å²) in [5.74, 6) is 0.809. The second kappa shape index (κ2) is 14.4. The van der Waals surface area contributed by atoms with Gasteiger partial charge in [-0.25, -0.2) is 9.59 Å². The van der Waals surface area contributed by atoms with Crippen molar-refractivity contribution < 1.29 is 27.6 Å². The molecule has 0 saturated carbocycles. The van der Waals surface area contributed by atoms with Crippen LogP contribution in [0.4, 0.5) is 34.1 Å². The van der Waals surface area contributed by atoms with Gasteiger partial charge in [0.05, 0.1) is 16.3 Å². The minimum Gasteiger partial charge on any atom is -0.397 e. The maximum absolute atomic E-state index is 14.0. The van der Waals surface area contributed by atoms with Gasteiger partial charge in [0.1, 0.15) is 6.04 Å². The van der Waals surface area contributed by atoms with E-state index in [-0.39, 0.29) is 35.0 Å². The summed E-state index contributed by atoms with van der Waals surface area (Å²) in [6, 6.07) is 8.07. The number of rotatable bonds is 6. The molecule has 260 valence electrons. The van der Waals surface area contributed by atoms with Crippen LogP contribution in [0.3, 0.4) is 0 Å². The van der Waals surface area contributed by atoms with Crippen LogP contribution >= 0.6 is 11.6 Å². The molecule has 5 N–H and O–H groups in total. The average molecular weight is 690 g/mol. The van der Waals surface area contributed by atoms with Gasteiger partial charge in [0.15, 0.2) is 0 Å². The highest BCUT2D eigenvalue weighted by molar-refractivity contribution is 6.33. The summed E-state index contributed by atoms with van der Waals surface area (Å²) in [5.41, 5.74) is 5.98. The van der Waals surface area contributed by atoms with Crippen molar-refractivity contribution in [1.29, 1.82) is 0 Å². The van der Waals surface area contributed by atoms with Crippen molar-refractivity contribution in [3.05, 3.63) is 58.1 Å². The van der Waals surface area contributed by atoms with Crippen molar-refractivity contribution in [2.24, 2.45) is 11.8 Å². The number of piperidine rings is 3. The third-order valence-electron chi connectivity index (χ3n) is 10.5. The van der Waals surface area contributed by atoms with Gasteiger partial charge in [-0.05, 0) is 92.8 Å². The molecule has 48 heavy (non-hydrogen) atoms. The summed E-state index contributed by atoms with van der Waals surface area (Å²) in [5, 5.41) is 8.93. The number of carbonyl (C=O) groups excluding carboxylic acids is 3. The largest absolute Gasteiger partial charge is 0.418 e. The molecule has 10 nitrogen and oxygen atoms in total. The van der Waals surface area contributed by atoms with Gasteiger partial charge in [-0.15, -0.1) is 0 Å². The number of likely N-dealkylation sites (tertiary alicyclic amines) is 2. The Morgan fingerprint density at radius 3 is 2.29 bits per heavy atom. The summed E-state index contributed by atoms with van der Waals surface area (Å²) in [4.78, 5) is 45.6. The fourth-order valence-electron chi connectivity index (χ4n) is 7.73. The summed E-state index contributed by atoms with van der Waals surface area (Å²) in [7, 11) is 0. The number of nitrogens with two attached hydrogens (primary N) is 1. The van der Waals surface area contributed by atoms with E-state index < -0.39 is 29.5 Å². The zero-order valence-corrected chi connectivity index (χ0v) is 27.6. The second-order valence-corrected chi connectivity index (χ2v) is 13.8. The summed E-state index contributed by atoms with van der Waals surface area (Å²) in [6.45, 7) is 4.25. The topological polar surface area (TPSA) is 123 Å². The van der Waals surface area contributed by atoms with Gasteiger partial charge >= 0.3 is 18.2 Å².